The lowest BCUT2D eigenvalue weighted by molar-refractivity contribution is 0.0697. The van der Waals surface area contributed by atoms with E-state index in [-0.39, 0.29) is 11.6 Å². The van der Waals surface area contributed by atoms with Gasteiger partial charge in [0.05, 0.1) is 12.2 Å². The van der Waals surface area contributed by atoms with E-state index in [1.165, 1.54) is 0 Å². The van der Waals surface area contributed by atoms with Crippen LogP contribution >= 0.6 is 0 Å². The molecule has 6 nitrogen and oxygen atoms in total. The maximum absolute atomic E-state index is 12.6. The molecule has 2 aliphatic heterocycles. The summed E-state index contributed by atoms with van der Waals surface area (Å²) < 4.78 is 5.37. The number of carbonyl (C=O) groups is 2. The molecule has 2 aliphatic rings. The van der Waals surface area contributed by atoms with Crippen LogP contribution in [-0.2, 0) is 11.2 Å². The summed E-state index contributed by atoms with van der Waals surface area (Å²) in [6.07, 6.45) is 1.55. The zero-order valence-electron chi connectivity index (χ0n) is 11.7. The normalized spacial score (nSPS) is 18.3. The molecule has 0 bridgehead atoms. The van der Waals surface area contributed by atoms with Gasteiger partial charge in [0.25, 0.3) is 0 Å². The second-order valence-corrected chi connectivity index (χ2v) is 5.29. The lowest BCUT2D eigenvalue weighted by Crippen LogP contribution is -2.43. The van der Waals surface area contributed by atoms with Gasteiger partial charge in [0.1, 0.15) is 0 Å². The summed E-state index contributed by atoms with van der Waals surface area (Å²) in [5, 5.41) is 9.02. The van der Waals surface area contributed by atoms with Crippen molar-refractivity contribution >= 4 is 17.7 Å². The van der Waals surface area contributed by atoms with Crippen molar-refractivity contribution < 1.29 is 19.4 Å². The van der Waals surface area contributed by atoms with Crippen LogP contribution in [0.15, 0.2) is 18.2 Å². The first kappa shape index (κ1) is 13.9. The van der Waals surface area contributed by atoms with Gasteiger partial charge in [-0.1, -0.05) is 0 Å². The Morgan fingerprint density at radius 1 is 1.14 bits per heavy atom. The van der Waals surface area contributed by atoms with Gasteiger partial charge in [-0.05, 0) is 36.6 Å². The van der Waals surface area contributed by atoms with Crippen molar-refractivity contribution in [1.82, 2.24) is 4.90 Å². The highest BCUT2D eigenvalue weighted by Crippen LogP contribution is 2.30. The van der Waals surface area contributed by atoms with Crippen LogP contribution in [0, 0.1) is 0 Å². The van der Waals surface area contributed by atoms with Crippen molar-refractivity contribution in [3.63, 3.8) is 0 Å². The molecular formula is C15H18N2O4. The molecule has 0 aliphatic carbocycles. The van der Waals surface area contributed by atoms with Crippen LogP contribution in [-0.4, -0.2) is 54.9 Å². The summed E-state index contributed by atoms with van der Waals surface area (Å²) in [6.45, 7) is 3.19. The number of hydrogen-bond donors (Lipinski definition) is 1. The van der Waals surface area contributed by atoms with Gasteiger partial charge in [-0.25, -0.2) is 9.59 Å². The Morgan fingerprint density at radius 2 is 2.00 bits per heavy atom. The number of ether oxygens (including phenoxy) is 1. The summed E-state index contributed by atoms with van der Waals surface area (Å²) in [6, 6.07) is 4.94. The van der Waals surface area contributed by atoms with Crippen LogP contribution in [0.1, 0.15) is 22.3 Å². The van der Waals surface area contributed by atoms with Crippen molar-refractivity contribution in [3.05, 3.63) is 29.3 Å². The number of amides is 2. The molecule has 0 radical (unpaired) electrons. The first-order chi connectivity index (χ1) is 10.2. The summed E-state index contributed by atoms with van der Waals surface area (Å²) in [7, 11) is 0. The van der Waals surface area contributed by atoms with E-state index in [4.69, 9.17) is 9.84 Å². The first-order valence-corrected chi connectivity index (χ1v) is 7.17. The zero-order chi connectivity index (χ0) is 14.8. The Labute approximate surface area is 122 Å². The first-order valence-electron chi connectivity index (χ1n) is 7.17. The molecule has 1 N–H and O–H groups in total. The average molecular weight is 290 g/mol. The largest absolute Gasteiger partial charge is 0.478 e. The van der Waals surface area contributed by atoms with Crippen molar-refractivity contribution in [2.45, 2.75) is 12.8 Å². The molecule has 0 atom stereocenters. The summed E-state index contributed by atoms with van der Waals surface area (Å²) in [5.41, 5.74) is 2.02. The Kier molecular flexibility index (Phi) is 3.79. The van der Waals surface area contributed by atoms with Crippen LogP contribution < -0.4 is 4.90 Å². The number of rotatable bonds is 1. The minimum absolute atomic E-state index is 0.0117. The van der Waals surface area contributed by atoms with E-state index in [1.54, 1.807) is 23.1 Å². The van der Waals surface area contributed by atoms with Crippen molar-refractivity contribution in [2.24, 2.45) is 0 Å². The topological polar surface area (TPSA) is 70.1 Å². The predicted molar refractivity (Wildman–Crippen MR) is 76.9 cm³/mol. The third-order valence-electron chi connectivity index (χ3n) is 3.95. The summed E-state index contributed by atoms with van der Waals surface area (Å²) in [4.78, 5) is 27.2. The molecule has 112 valence electrons. The standard InChI is InChI=1S/C15H18N2O4/c18-14(19)12-2-3-13-11(10-12)4-6-17(13)15(20)16-5-1-8-21-9-7-16/h2-3,10H,1,4-9H2,(H,18,19). The minimum Gasteiger partial charge on any atom is -0.478 e. The molecule has 1 fully saturated rings. The smallest absolute Gasteiger partial charge is 0.335 e. The van der Waals surface area contributed by atoms with E-state index in [9.17, 15) is 9.59 Å². The van der Waals surface area contributed by atoms with Gasteiger partial charge in [0, 0.05) is 31.9 Å². The molecule has 2 amide bonds. The number of anilines is 1. The summed E-state index contributed by atoms with van der Waals surface area (Å²) in [5.74, 6) is -0.938. The summed E-state index contributed by atoms with van der Waals surface area (Å²) >= 11 is 0. The molecule has 1 aromatic carbocycles. The molecule has 0 saturated carbocycles. The maximum Gasteiger partial charge on any atom is 0.335 e. The third-order valence-corrected chi connectivity index (χ3v) is 3.95. The molecule has 21 heavy (non-hydrogen) atoms. The number of nitrogens with zero attached hydrogens (tertiary/aromatic N) is 2. The van der Waals surface area contributed by atoms with Crippen molar-refractivity contribution in [2.75, 3.05) is 37.7 Å². The van der Waals surface area contributed by atoms with E-state index < -0.39 is 5.97 Å². The quantitative estimate of drug-likeness (QED) is 0.852. The third kappa shape index (κ3) is 2.71. The van der Waals surface area contributed by atoms with Crippen LogP contribution in [0.4, 0.5) is 10.5 Å². The van der Waals surface area contributed by atoms with Gasteiger partial charge in [0.15, 0.2) is 0 Å². The van der Waals surface area contributed by atoms with E-state index >= 15 is 0 Å². The van der Waals surface area contributed by atoms with Gasteiger partial charge in [-0.3, -0.25) is 4.90 Å². The van der Waals surface area contributed by atoms with E-state index in [1.807, 2.05) is 4.90 Å². The SMILES string of the molecule is O=C(O)c1ccc2c(c1)CCN2C(=O)N1CCCOCC1. The van der Waals surface area contributed by atoms with Crippen LogP contribution in [0.3, 0.4) is 0 Å². The number of carboxylic acid groups (broad SMARTS) is 1. The van der Waals surface area contributed by atoms with E-state index in [0.717, 1.165) is 17.7 Å². The number of urea groups is 1. The van der Waals surface area contributed by atoms with E-state index in [0.29, 0.717) is 39.3 Å². The van der Waals surface area contributed by atoms with Gasteiger partial charge < -0.3 is 14.7 Å². The molecular weight excluding hydrogens is 272 g/mol. The van der Waals surface area contributed by atoms with Gasteiger partial charge in [0.2, 0.25) is 0 Å². The van der Waals surface area contributed by atoms with Gasteiger partial charge in [-0.2, -0.15) is 0 Å². The maximum atomic E-state index is 12.6. The monoisotopic (exact) mass is 290 g/mol. The fourth-order valence-corrected chi connectivity index (χ4v) is 2.84. The number of benzene rings is 1. The Balaban J connectivity index is 1.80. The molecule has 0 spiro atoms. The van der Waals surface area contributed by atoms with Crippen LogP contribution in [0.5, 0.6) is 0 Å². The second kappa shape index (κ2) is 5.73. The molecule has 0 aromatic heterocycles. The lowest BCUT2D eigenvalue weighted by atomic mass is 10.1. The molecule has 1 saturated heterocycles. The molecule has 0 unspecified atom stereocenters. The molecule has 3 rings (SSSR count). The fourth-order valence-electron chi connectivity index (χ4n) is 2.84. The van der Waals surface area contributed by atoms with Crippen LogP contribution in [0.2, 0.25) is 0 Å². The predicted octanol–water partition coefficient (Wildman–Crippen LogP) is 1.59. The van der Waals surface area contributed by atoms with Crippen LogP contribution in [0.25, 0.3) is 0 Å². The highest BCUT2D eigenvalue weighted by molar-refractivity contribution is 5.96. The van der Waals surface area contributed by atoms with E-state index in [2.05, 4.69) is 0 Å². The van der Waals surface area contributed by atoms with Gasteiger partial charge >= 0.3 is 12.0 Å². The zero-order valence-corrected chi connectivity index (χ0v) is 11.7. The second-order valence-electron chi connectivity index (χ2n) is 5.29. The molecule has 1 aromatic rings. The average Bonchev–Trinajstić information content (AvgIpc) is 2.71. The molecule has 2 heterocycles. The number of hydrogen-bond acceptors (Lipinski definition) is 3. The Bertz CT molecular complexity index is 565. The van der Waals surface area contributed by atoms with Gasteiger partial charge in [-0.15, -0.1) is 0 Å². The Morgan fingerprint density at radius 3 is 2.81 bits per heavy atom. The highest BCUT2D eigenvalue weighted by atomic mass is 16.5. The number of aromatic carboxylic acids is 1. The van der Waals surface area contributed by atoms with Crippen molar-refractivity contribution in [3.8, 4) is 0 Å². The lowest BCUT2D eigenvalue weighted by Gasteiger charge is -2.26. The van der Waals surface area contributed by atoms with Crippen molar-refractivity contribution in [1.29, 1.82) is 0 Å². The number of fused-ring (bicyclic) bond motifs is 1. The highest BCUT2D eigenvalue weighted by Gasteiger charge is 2.29. The Hall–Kier alpha value is -2.08. The molecule has 6 heteroatoms. The minimum atomic E-state index is -0.938. The number of carbonyl (C=O) groups excluding carboxylic acids is 1. The number of carboxylic acids is 1. The fraction of sp³-hybridized carbons (Fsp3) is 0.467.